The van der Waals surface area contributed by atoms with Gasteiger partial charge in [-0.1, -0.05) is 12.8 Å². The summed E-state index contributed by atoms with van der Waals surface area (Å²) in [7, 11) is 0. The molecule has 0 aliphatic heterocycles. The minimum absolute atomic E-state index is 0.176. The number of nitro benzene ring substituents is 1. The first-order valence-electron chi connectivity index (χ1n) is 5.97. The van der Waals surface area contributed by atoms with Gasteiger partial charge >= 0.3 is 5.69 Å². The molecule has 0 aromatic heterocycles. The Balaban J connectivity index is 2.17. The molecule has 1 aromatic rings. The molecule has 7 heteroatoms. The highest BCUT2D eigenvalue weighted by Gasteiger charge is 2.37. The molecule has 0 radical (unpaired) electrons. The SMILES string of the molecule is NC1(C(=O)Nc2ccc(F)c([N+](=O)[O-])c2)CCCC1. The number of nitro groups is 1. The monoisotopic (exact) mass is 267 g/mol. The number of rotatable bonds is 3. The maximum absolute atomic E-state index is 13.2. The number of nitrogens with zero attached hydrogens (tertiary/aromatic N) is 1. The number of hydrogen-bond donors (Lipinski definition) is 2. The Morgan fingerprint density at radius 3 is 2.63 bits per heavy atom. The van der Waals surface area contributed by atoms with Crippen molar-refractivity contribution in [3.8, 4) is 0 Å². The van der Waals surface area contributed by atoms with Crippen molar-refractivity contribution in [1.29, 1.82) is 0 Å². The molecule has 2 rings (SSSR count). The van der Waals surface area contributed by atoms with E-state index in [4.69, 9.17) is 5.73 Å². The molecule has 1 aliphatic carbocycles. The molecule has 0 heterocycles. The summed E-state index contributed by atoms with van der Waals surface area (Å²) >= 11 is 0. The molecule has 1 saturated carbocycles. The van der Waals surface area contributed by atoms with Crippen LogP contribution < -0.4 is 11.1 Å². The van der Waals surface area contributed by atoms with E-state index in [1.54, 1.807) is 0 Å². The van der Waals surface area contributed by atoms with E-state index in [9.17, 15) is 19.3 Å². The minimum Gasteiger partial charge on any atom is -0.324 e. The Labute approximate surface area is 108 Å². The van der Waals surface area contributed by atoms with Crippen LogP contribution in [-0.4, -0.2) is 16.4 Å². The van der Waals surface area contributed by atoms with E-state index >= 15 is 0 Å². The fourth-order valence-corrected chi connectivity index (χ4v) is 2.22. The standard InChI is InChI=1S/C12H14FN3O3/c13-9-4-3-8(7-10(9)16(18)19)15-11(17)12(14)5-1-2-6-12/h3-4,7H,1-2,5-6,14H2,(H,15,17). The first-order valence-corrected chi connectivity index (χ1v) is 5.97. The second-order valence-corrected chi connectivity index (χ2v) is 4.74. The van der Waals surface area contributed by atoms with Crippen molar-refractivity contribution in [3.63, 3.8) is 0 Å². The molecule has 0 atom stereocenters. The quantitative estimate of drug-likeness (QED) is 0.645. The summed E-state index contributed by atoms with van der Waals surface area (Å²) in [5.41, 5.74) is 4.54. The third-order valence-electron chi connectivity index (χ3n) is 3.35. The molecule has 19 heavy (non-hydrogen) atoms. The highest BCUT2D eigenvalue weighted by atomic mass is 19.1. The molecule has 3 N–H and O–H groups in total. The Kier molecular flexibility index (Phi) is 3.48. The van der Waals surface area contributed by atoms with Gasteiger partial charge in [-0.2, -0.15) is 4.39 Å². The second kappa shape index (κ2) is 4.93. The van der Waals surface area contributed by atoms with Gasteiger partial charge in [0.15, 0.2) is 0 Å². The summed E-state index contributed by atoms with van der Waals surface area (Å²) in [6.07, 6.45) is 2.94. The molecule has 0 spiro atoms. The maximum atomic E-state index is 13.2. The lowest BCUT2D eigenvalue weighted by molar-refractivity contribution is -0.387. The maximum Gasteiger partial charge on any atom is 0.306 e. The summed E-state index contributed by atoms with van der Waals surface area (Å²) in [6, 6.07) is 3.22. The van der Waals surface area contributed by atoms with Gasteiger partial charge in [0.2, 0.25) is 11.7 Å². The normalized spacial score (nSPS) is 17.2. The number of anilines is 1. The van der Waals surface area contributed by atoms with Crippen molar-refractivity contribution in [2.24, 2.45) is 5.73 Å². The van der Waals surface area contributed by atoms with Crippen LogP contribution in [0.25, 0.3) is 0 Å². The Morgan fingerprint density at radius 1 is 1.42 bits per heavy atom. The largest absolute Gasteiger partial charge is 0.324 e. The lowest BCUT2D eigenvalue weighted by Gasteiger charge is -2.22. The lowest BCUT2D eigenvalue weighted by Crippen LogP contribution is -2.48. The van der Waals surface area contributed by atoms with E-state index in [0.717, 1.165) is 25.0 Å². The number of amides is 1. The number of nitrogens with two attached hydrogens (primary N) is 1. The van der Waals surface area contributed by atoms with E-state index in [0.29, 0.717) is 12.8 Å². The Bertz CT molecular complexity index is 527. The highest BCUT2D eigenvalue weighted by molar-refractivity contribution is 5.98. The van der Waals surface area contributed by atoms with Crippen molar-refractivity contribution in [3.05, 3.63) is 34.1 Å². The molecule has 1 amide bonds. The Morgan fingerprint density at radius 2 is 2.05 bits per heavy atom. The molecule has 1 aliphatic rings. The van der Waals surface area contributed by atoms with Crippen LogP contribution >= 0.6 is 0 Å². The zero-order valence-electron chi connectivity index (χ0n) is 10.2. The third kappa shape index (κ3) is 2.70. The first-order chi connectivity index (χ1) is 8.92. The molecule has 1 fully saturated rings. The van der Waals surface area contributed by atoms with Gasteiger partial charge in [-0.05, 0) is 25.0 Å². The van der Waals surface area contributed by atoms with Crippen LogP contribution in [0.5, 0.6) is 0 Å². The molecule has 0 unspecified atom stereocenters. The van der Waals surface area contributed by atoms with Gasteiger partial charge in [0, 0.05) is 11.8 Å². The van der Waals surface area contributed by atoms with Gasteiger partial charge in [-0.3, -0.25) is 14.9 Å². The lowest BCUT2D eigenvalue weighted by atomic mass is 9.98. The zero-order valence-corrected chi connectivity index (χ0v) is 10.2. The van der Waals surface area contributed by atoms with Crippen LogP contribution in [0.2, 0.25) is 0 Å². The second-order valence-electron chi connectivity index (χ2n) is 4.74. The van der Waals surface area contributed by atoms with Gasteiger partial charge in [0.05, 0.1) is 10.5 Å². The first kappa shape index (κ1) is 13.4. The number of carbonyl (C=O) groups excluding carboxylic acids is 1. The molecular formula is C12H14FN3O3. The number of hydrogen-bond acceptors (Lipinski definition) is 4. The van der Waals surface area contributed by atoms with Gasteiger partial charge in [-0.25, -0.2) is 0 Å². The van der Waals surface area contributed by atoms with Crippen molar-refractivity contribution >= 4 is 17.3 Å². The summed E-state index contributed by atoms with van der Waals surface area (Å²) in [5.74, 6) is -1.32. The average Bonchev–Trinajstić information content (AvgIpc) is 2.79. The smallest absolute Gasteiger partial charge is 0.306 e. The number of benzene rings is 1. The third-order valence-corrected chi connectivity index (χ3v) is 3.35. The Hall–Kier alpha value is -2.02. The van der Waals surface area contributed by atoms with Crippen LogP contribution in [-0.2, 0) is 4.79 Å². The predicted octanol–water partition coefficient (Wildman–Crippen LogP) is 1.94. The van der Waals surface area contributed by atoms with Crippen molar-refractivity contribution in [2.75, 3.05) is 5.32 Å². The topological polar surface area (TPSA) is 98.3 Å². The molecule has 0 bridgehead atoms. The molecule has 6 nitrogen and oxygen atoms in total. The van der Waals surface area contributed by atoms with Gasteiger partial charge < -0.3 is 11.1 Å². The van der Waals surface area contributed by atoms with Crippen LogP contribution in [0.3, 0.4) is 0 Å². The minimum atomic E-state index is -0.939. The van der Waals surface area contributed by atoms with Crippen molar-refractivity contribution < 1.29 is 14.1 Å². The highest BCUT2D eigenvalue weighted by Crippen LogP contribution is 2.29. The average molecular weight is 267 g/mol. The van der Waals surface area contributed by atoms with Crippen molar-refractivity contribution in [2.45, 2.75) is 31.2 Å². The predicted molar refractivity (Wildman–Crippen MR) is 67.1 cm³/mol. The van der Waals surface area contributed by atoms with Gasteiger partial charge in [-0.15, -0.1) is 0 Å². The molecule has 1 aromatic carbocycles. The summed E-state index contributed by atoms with van der Waals surface area (Å²) in [4.78, 5) is 21.8. The van der Waals surface area contributed by atoms with Crippen molar-refractivity contribution in [1.82, 2.24) is 0 Å². The summed E-state index contributed by atoms with van der Waals surface area (Å²) in [6.45, 7) is 0. The van der Waals surface area contributed by atoms with Crippen LogP contribution in [0, 0.1) is 15.9 Å². The number of carbonyl (C=O) groups is 1. The molecule has 0 saturated heterocycles. The fourth-order valence-electron chi connectivity index (χ4n) is 2.22. The van der Waals surface area contributed by atoms with Crippen LogP contribution in [0.4, 0.5) is 15.8 Å². The van der Waals surface area contributed by atoms with E-state index in [2.05, 4.69) is 5.32 Å². The van der Waals surface area contributed by atoms with E-state index in [-0.39, 0.29) is 11.6 Å². The summed E-state index contributed by atoms with van der Waals surface area (Å²) in [5, 5.41) is 13.1. The number of nitrogens with one attached hydrogen (secondary N) is 1. The van der Waals surface area contributed by atoms with Gasteiger partial charge in [0.1, 0.15) is 0 Å². The van der Waals surface area contributed by atoms with Gasteiger partial charge in [0.25, 0.3) is 0 Å². The molecule has 102 valence electrons. The van der Waals surface area contributed by atoms with Crippen LogP contribution in [0.1, 0.15) is 25.7 Å². The fraction of sp³-hybridized carbons (Fsp3) is 0.417. The van der Waals surface area contributed by atoms with E-state index in [1.165, 1.54) is 6.07 Å². The van der Waals surface area contributed by atoms with Crippen LogP contribution in [0.15, 0.2) is 18.2 Å². The summed E-state index contributed by atoms with van der Waals surface area (Å²) < 4.78 is 13.2. The van der Waals surface area contributed by atoms with E-state index < -0.39 is 22.0 Å². The zero-order chi connectivity index (χ0) is 14.0. The van der Waals surface area contributed by atoms with E-state index in [1.807, 2.05) is 0 Å². The number of halogens is 1. The molecular weight excluding hydrogens is 253 g/mol.